The Morgan fingerprint density at radius 2 is 1.40 bits per heavy atom. The highest BCUT2D eigenvalue weighted by Crippen LogP contribution is 2.43. The minimum atomic E-state index is -0.724. The van der Waals surface area contributed by atoms with Crippen molar-refractivity contribution >= 4 is 21.9 Å². The lowest BCUT2D eigenvalue weighted by molar-refractivity contribution is 0.00490. The second-order valence-electron chi connectivity index (χ2n) is 8.69. The van der Waals surface area contributed by atoms with E-state index in [4.69, 9.17) is 14.2 Å². The van der Waals surface area contributed by atoms with E-state index in [0.717, 1.165) is 0 Å². The average molecular weight is 418 g/mol. The van der Waals surface area contributed by atoms with Gasteiger partial charge in [-0.3, -0.25) is 0 Å². The summed E-state index contributed by atoms with van der Waals surface area (Å²) < 4.78 is 17.2. The number of halogens is 1. The van der Waals surface area contributed by atoms with Gasteiger partial charge < -0.3 is 19.3 Å². The lowest BCUT2D eigenvalue weighted by Crippen LogP contribution is -2.30. The van der Waals surface area contributed by atoms with Crippen LogP contribution in [0.5, 0.6) is 17.4 Å². The number of esters is 1. The molecule has 1 aromatic rings. The summed E-state index contributed by atoms with van der Waals surface area (Å²) in [5, 5.41) is 10.4. The number of pyridine rings is 1. The van der Waals surface area contributed by atoms with Gasteiger partial charge in [0.2, 0.25) is 5.88 Å². The molecule has 0 atom stereocenters. The summed E-state index contributed by atoms with van der Waals surface area (Å²) in [6.07, 6.45) is 0. The number of carbonyl (C=O) groups is 1. The van der Waals surface area contributed by atoms with Gasteiger partial charge in [-0.2, -0.15) is 0 Å². The molecule has 0 radical (unpaired) electrons. The van der Waals surface area contributed by atoms with Gasteiger partial charge in [0.25, 0.3) is 0 Å². The number of hydrogen-bond acceptors (Lipinski definition) is 6. The van der Waals surface area contributed by atoms with E-state index >= 15 is 0 Å². The molecular weight excluding hydrogens is 390 g/mol. The zero-order valence-corrected chi connectivity index (χ0v) is 18.0. The van der Waals surface area contributed by atoms with Gasteiger partial charge in [0.1, 0.15) is 16.8 Å². The fourth-order valence-electron chi connectivity index (χ4n) is 1.79. The Labute approximate surface area is 158 Å². The zero-order chi connectivity index (χ0) is 19.8. The highest BCUT2D eigenvalue weighted by molar-refractivity contribution is 9.10. The second-order valence-corrected chi connectivity index (χ2v) is 9.44. The first-order valence-corrected chi connectivity index (χ1v) is 8.83. The summed E-state index contributed by atoms with van der Waals surface area (Å²) in [5.41, 5.74) is -2.04. The maximum Gasteiger partial charge on any atom is 0.348 e. The van der Waals surface area contributed by atoms with Crippen molar-refractivity contribution in [1.29, 1.82) is 0 Å². The number of aromatic nitrogens is 1. The molecule has 0 bridgehead atoms. The van der Waals surface area contributed by atoms with E-state index in [2.05, 4.69) is 20.9 Å². The van der Waals surface area contributed by atoms with Crippen molar-refractivity contribution < 1.29 is 24.1 Å². The van der Waals surface area contributed by atoms with E-state index in [0.29, 0.717) is 0 Å². The van der Waals surface area contributed by atoms with E-state index in [1.54, 1.807) is 20.8 Å². The van der Waals surface area contributed by atoms with Crippen LogP contribution >= 0.6 is 15.9 Å². The normalized spacial score (nSPS) is 12.7. The topological polar surface area (TPSA) is 77.9 Å². The number of carbonyl (C=O) groups excluding carboxylic acids is 1. The summed E-state index contributed by atoms with van der Waals surface area (Å²) in [7, 11) is 0. The van der Waals surface area contributed by atoms with Crippen LogP contribution in [0.4, 0.5) is 0 Å². The van der Waals surface area contributed by atoms with Crippen molar-refractivity contribution in [2.45, 2.75) is 79.1 Å². The van der Waals surface area contributed by atoms with Crippen molar-refractivity contribution in [3.63, 3.8) is 0 Å². The van der Waals surface area contributed by atoms with Crippen molar-refractivity contribution in [2.75, 3.05) is 0 Å². The van der Waals surface area contributed by atoms with Crippen LogP contribution in [0.25, 0.3) is 0 Å². The van der Waals surface area contributed by atoms with Crippen molar-refractivity contribution in [3.8, 4) is 17.4 Å². The second kappa shape index (κ2) is 7.02. The largest absolute Gasteiger partial charge is 0.502 e. The van der Waals surface area contributed by atoms with Crippen LogP contribution in [0.3, 0.4) is 0 Å². The van der Waals surface area contributed by atoms with Crippen LogP contribution in [0.15, 0.2) is 4.60 Å². The molecule has 6 nitrogen and oxygen atoms in total. The lowest BCUT2D eigenvalue weighted by atomic mass is 10.1. The minimum Gasteiger partial charge on any atom is -0.502 e. The van der Waals surface area contributed by atoms with Gasteiger partial charge in [0.15, 0.2) is 21.7 Å². The molecular formula is C18H28BrNO5. The molecule has 0 aliphatic rings. The molecule has 0 spiro atoms. The van der Waals surface area contributed by atoms with Crippen LogP contribution in [0, 0.1) is 0 Å². The standard InChI is InChI=1S/C18H28BrNO5/c1-16(2,3)23-12-10(15(22)25-18(7,8)9)14(24-17(4,5)6)20-13(19)11(12)21/h21H,1-9H3. The maximum absolute atomic E-state index is 12.8. The number of hydrogen-bond donors (Lipinski definition) is 1. The molecule has 1 heterocycles. The quantitative estimate of drug-likeness (QED) is 0.558. The van der Waals surface area contributed by atoms with Gasteiger partial charge in [-0.25, -0.2) is 9.78 Å². The predicted molar refractivity (Wildman–Crippen MR) is 99.5 cm³/mol. The summed E-state index contributed by atoms with van der Waals surface area (Å²) in [4.78, 5) is 17.0. The van der Waals surface area contributed by atoms with E-state index < -0.39 is 22.8 Å². The third-order valence-corrected chi connectivity index (χ3v) is 3.02. The molecule has 0 aliphatic carbocycles. The molecule has 1 N–H and O–H groups in total. The molecule has 0 unspecified atom stereocenters. The molecule has 25 heavy (non-hydrogen) atoms. The fourth-order valence-corrected chi connectivity index (χ4v) is 2.13. The highest BCUT2D eigenvalue weighted by atomic mass is 79.9. The van der Waals surface area contributed by atoms with E-state index in [1.807, 2.05) is 41.5 Å². The van der Waals surface area contributed by atoms with Gasteiger partial charge in [-0.15, -0.1) is 0 Å². The van der Waals surface area contributed by atoms with Gasteiger partial charge in [-0.05, 0) is 78.2 Å². The van der Waals surface area contributed by atoms with Crippen LogP contribution in [-0.4, -0.2) is 32.9 Å². The van der Waals surface area contributed by atoms with Gasteiger partial charge in [0, 0.05) is 0 Å². The summed E-state index contributed by atoms with van der Waals surface area (Å²) in [5.74, 6) is -0.952. The Bertz CT molecular complexity index is 651. The third-order valence-electron chi connectivity index (χ3n) is 2.47. The highest BCUT2D eigenvalue weighted by Gasteiger charge is 2.33. The van der Waals surface area contributed by atoms with Crippen LogP contribution < -0.4 is 9.47 Å². The Morgan fingerprint density at radius 3 is 1.80 bits per heavy atom. The summed E-state index contributed by atoms with van der Waals surface area (Å²) in [6, 6.07) is 0. The van der Waals surface area contributed by atoms with Crippen molar-refractivity contribution in [2.24, 2.45) is 0 Å². The van der Waals surface area contributed by atoms with E-state index in [1.165, 1.54) is 0 Å². The molecule has 0 saturated carbocycles. The average Bonchev–Trinajstić information content (AvgIpc) is 2.29. The number of rotatable bonds is 3. The monoisotopic (exact) mass is 417 g/mol. The molecule has 0 saturated heterocycles. The Hall–Kier alpha value is -1.50. The molecule has 0 amide bonds. The van der Waals surface area contributed by atoms with Crippen LogP contribution in [0.1, 0.15) is 72.7 Å². The van der Waals surface area contributed by atoms with Crippen LogP contribution in [0.2, 0.25) is 0 Å². The first-order chi connectivity index (χ1) is 11.0. The molecule has 0 aliphatic heterocycles. The molecule has 0 fully saturated rings. The Morgan fingerprint density at radius 1 is 0.920 bits per heavy atom. The molecule has 1 aromatic heterocycles. The summed E-state index contributed by atoms with van der Waals surface area (Å²) in [6.45, 7) is 16.2. The number of aromatic hydroxyl groups is 1. The molecule has 142 valence electrons. The third kappa shape index (κ3) is 6.72. The smallest absolute Gasteiger partial charge is 0.348 e. The Balaban J connectivity index is 3.64. The maximum atomic E-state index is 12.8. The molecule has 1 rings (SSSR count). The van der Waals surface area contributed by atoms with E-state index in [9.17, 15) is 9.90 Å². The molecule has 0 aromatic carbocycles. The number of ether oxygens (including phenoxy) is 3. The van der Waals surface area contributed by atoms with Crippen molar-refractivity contribution in [1.82, 2.24) is 4.98 Å². The first-order valence-electron chi connectivity index (χ1n) is 8.04. The minimum absolute atomic E-state index is 0.0251. The number of nitrogens with zero attached hydrogens (tertiary/aromatic N) is 1. The SMILES string of the molecule is CC(C)(C)OC(=O)c1c(OC(C)(C)C)nc(Br)c(O)c1OC(C)(C)C. The van der Waals surface area contributed by atoms with Gasteiger partial charge in [-0.1, -0.05) is 0 Å². The van der Waals surface area contributed by atoms with Crippen molar-refractivity contribution in [3.05, 3.63) is 10.2 Å². The van der Waals surface area contributed by atoms with Gasteiger partial charge >= 0.3 is 5.97 Å². The summed E-state index contributed by atoms with van der Waals surface area (Å²) >= 11 is 3.18. The fraction of sp³-hybridized carbons (Fsp3) is 0.667. The van der Waals surface area contributed by atoms with E-state index in [-0.39, 0.29) is 27.5 Å². The predicted octanol–water partition coefficient (Wildman–Crippen LogP) is 4.86. The van der Waals surface area contributed by atoms with Crippen LogP contribution in [-0.2, 0) is 4.74 Å². The zero-order valence-electron chi connectivity index (χ0n) is 16.4. The first kappa shape index (κ1) is 21.5. The lowest BCUT2D eigenvalue weighted by Gasteiger charge is -2.28. The molecule has 7 heteroatoms. The van der Waals surface area contributed by atoms with Gasteiger partial charge in [0.05, 0.1) is 0 Å². The Kier molecular flexibility index (Phi) is 6.05.